The topological polar surface area (TPSA) is 29.1 Å². The fourth-order valence-corrected chi connectivity index (χ4v) is 4.75. The lowest BCUT2D eigenvalue weighted by Gasteiger charge is -2.37. The minimum absolute atomic E-state index is 0.161. The molecule has 3 aromatic rings. The Bertz CT molecular complexity index is 998. The van der Waals surface area contributed by atoms with Gasteiger partial charge in [0.05, 0.1) is 6.04 Å². The van der Waals surface area contributed by atoms with Gasteiger partial charge in [-0.05, 0) is 41.3 Å². The highest BCUT2D eigenvalue weighted by atomic mass is 35.5. The molecule has 5 rings (SSSR count). The first kappa shape index (κ1) is 15.7. The molecule has 2 aliphatic rings. The first-order valence-electron chi connectivity index (χ1n) is 8.95. The number of fused-ring (bicyclic) bond motifs is 5. The highest BCUT2D eigenvalue weighted by Gasteiger charge is 2.45. The summed E-state index contributed by atoms with van der Waals surface area (Å²) in [6.07, 6.45) is 0.906. The van der Waals surface area contributed by atoms with E-state index in [0.717, 1.165) is 22.7 Å². The zero-order valence-corrected chi connectivity index (χ0v) is 14.9. The Morgan fingerprint density at radius 1 is 0.923 bits per heavy atom. The van der Waals surface area contributed by atoms with Crippen LogP contribution >= 0.6 is 11.6 Å². The normalized spacial score (nSPS) is 22.7. The third-order valence-corrected chi connectivity index (χ3v) is 5.94. The molecule has 1 aliphatic heterocycles. The Morgan fingerprint density at radius 2 is 1.69 bits per heavy atom. The van der Waals surface area contributed by atoms with E-state index in [2.05, 4.69) is 29.6 Å². The number of halogens is 1. The summed E-state index contributed by atoms with van der Waals surface area (Å²) in [5.74, 6) is 0.568. The molecular formula is C23H18ClNO. The van der Waals surface area contributed by atoms with Crippen molar-refractivity contribution < 1.29 is 4.79 Å². The van der Waals surface area contributed by atoms with Crippen molar-refractivity contribution in [1.29, 1.82) is 0 Å². The summed E-state index contributed by atoms with van der Waals surface area (Å²) < 4.78 is 0. The first-order chi connectivity index (χ1) is 12.7. The number of ketones is 1. The number of Topliss-reactive ketones (excluding diaryl/α,β-unsaturated/α-hetero) is 1. The molecule has 0 saturated carbocycles. The van der Waals surface area contributed by atoms with E-state index < -0.39 is 0 Å². The van der Waals surface area contributed by atoms with Crippen molar-refractivity contribution in [3.8, 4) is 0 Å². The lowest BCUT2D eigenvalue weighted by Crippen LogP contribution is -2.42. The molecule has 3 aromatic carbocycles. The van der Waals surface area contributed by atoms with Crippen molar-refractivity contribution >= 4 is 23.1 Å². The number of carbonyl (C=O) groups excluding carboxylic acids is 1. The molecule has 3 atom stereocenters. The van der Waals surface area contributed by atoms with E-state index in [9.17, 15) is 4.79 Å². The molecular weight excluding hydrogens is 342 g/mol. The van der Waals surface area contributed by atoms with E-state index >= 15 is 0 Å². The molecule has 0 fully saturated rings. The standard InChI is InChI=1S/C23H18ClNO/c24-16-10-11-20-18(13-16)21-17-9-5-4-8-15(17)12-19(21)22(25-20)23(26)14-6-2-1-3-7-14/h1-11,13,19,21-22,25H,12H2/t19-,21-,22-/m1/s1. The Morgan fingerprint density at radius 3 is 2.54 bits per heavy atom. The van der Waals surface area contributed by atoms with E-state index in [0.29, 0.717) is 0 Å². The van der Waals surface area contributed by atoms with Crippen LogP contribution in [0.2, 0.25) is 5.02 Å². The second kappa shape index (κ2) is 6.00. The molecule has 1 heterocycles. The third-order valence-electron chi connectivity index (χ3n) is 5.70. The Hall–Kier alpha value is -2.58. The number of anilines is 1. The molecule has 0 aromatic heterocycles. The van der Waals surface area contributed by atoms with Crippen LogP contribution in [0.4, 0.5) is 5.69 Å². The molecule has 1 N–H and O–H groups in total. The van der Waals surface area contributed by atoms with Gasteiger partial charge in [0.15, 0.2) is 5.78 Å². The van der Waals surface area contributed by atoms with Gasteiger partial charge >= 0.3 is 0 Å². The Kier molecular flexibility index (Phi) is 3.61. The lowest BCUT2D eigenvalue weighted by atomic mass is 9.75. The lowest BCUT2D eigenvalue weighted by molar-refractivity contribution is 0.0938. The van der Waals surface area contributed by atoms with Crippen molar-refractivity contribution in [2.45, 2.75) is 18.4 Å². The number of carbonyl (C=O) groups is 1. The van der Waals surface area contributed by atoms with Crippen molar-refractivity contribution in [3.63, 3.8) is 0 Å². The number of benzene rings is 3. The fraction of sp³-hybridized carbons (Fsp3) is 0.174. The monoisotopic (exact) mass is 359 g/mol. The summed E-state index contributed by atoms with van der Waals surface area (Å²) in [4.78, 5) is 13.3. The van der Waals surface area contributed by atoms with Gasteiger partial charge < -0.3 is 5.32 Å². The molecule has 0 amide bonds. The number of nitrogens with one attached hydrogen (secondary N) is 1. The molecule has 0 radical (unpaired) electrons. The SMILES string of the molecule is O=C(c1ccccc1)[C@@H]1Nc2ccc(Cl)cc2[C@H]2c3ccccc3C[C@H]21. The zero-order valence-electron chi connectivity index (χ0n) is 14.2. The quantitative estimate of drug-likeness (QED) is 0.627. The molecule has 1 aliphatic carbocycles. The van der Waals surface area contributed by atoms with Crippen LogP contribution in [0.25, 0.3) is 0 Å². The largest absolute Gasteiger partial charge is 0.374 e. The summed E-state index contributed by atoms with van der Waals surface area (Å²) in [5, 5.41) is 4.26. The van der Waals surface area contributed by atoms with Gasteiger partial charge in [0.1, 0.15) is 0 Å². The average Bonchev–Trinajstić information content (AvgIpc) is 3.07. The summed E-state index contributed by atoms with van der Waals surface area (Å²) in [6.45, 7) is 0. The minimum atomic E-state index is -0.233. The average molecular weight is 360 g/mol. The van der Waals surface area contributed by atoms with E-state index in [-0.39, 0.29) is 23.7 Å². The van der Waals surface area contributed by atoms with Crippen molar-refractivity contribution in [1.82, 2.24) is 0 Å². The van der Waals surface area contributed by atoms with Crippen molar-refractivity contribution in [3.05, 3.63) is 100 Å². The van der Waals surface area contributed by atoms with Crippen LogP contribution in [0.1, 0.15) is 33.0 Å². The van der Waals surface area contributed by atoms with Crippen LogP contribution in [-0.2, 0) is 6.42 Å². The molecule has 0 spiro atoms. The molecule has 0 unspecified atom stereocenters. The minimum Gasteiger partial charge on any atom is -0.374 e. The number of hydrogen-bond donors (Lipinski definition) is 1. The van der Waals surface area contributed by atoms with Crippen molar-refractivity contribution in [2.75, 3.05) is 5.32 Å². The van der Waals surface area contributed by atoms with Crippen LogP contribution in [0, 0.1) is 5.92 Å². The Labute approximate surface area is 157 Å². The number of rotatable bonds is 2. The maximum Gasteiger partial charge on any atom is 0.185 e. The summed E-state index contributed by atoms with van der Waals surface area (Å²) in [6, 6.07) is 23.8. The van der Waals surface area contributed by atoms with Gasteiger partial charge in [-0.25, -0.2) is 0 Å². The molecule has 26 heavy (non-hydrogen) atoms. The van der Waals surface area contributed by atoms with Crippen LogP contribution in [0.5, 0.6) is 0 Å². The number of hydrogen-bond acceptors (Lipinski definition) is 2. The zero-order chi connectivity index (χ0) is 17.7. The summed E-state index contributed by atoms with van der Waals surface area (Å²) in [5.41, 5.74) is 5.64. The van der Waals surface area contributed by atoms with Gasteiger partial charge in [-0.1, -0.05) is 66.2 Å². The van der Waals surface area contributed by atoms with Gasteiger partial charge in [0, 0.05) is 28.1 Å². The molecule has 0 bridgehead atoms. The maximum atomic E-state index is 13.3. The smallest absolute Gasteiger partial charge is 0.185 e. The maximum absolute atomic E-state index is 13.3. The molecule has 3 heteroatoms. The fourth-order valence-electron chi connectivity index (χ4n) is 4.57. The summed E-state index contributed by atoms with van der Waals surface area (Å²) in [7, 11) is 0. The first-order valence-corrected chi connectivity index (χ1v) is 9.33. The molecule has 128 valence electrons. The van der Waals surface area contributed by atoms with Crippen molar-refractivity contribution in [2.24, 2.45) is 5.92 Å². The van der Waals surface area contributed by atoms with E-state index in [1.165, 1.54) is 16.7 Å². The van der Waals surface area contributed by atoms with Gasteiger partial charge in [-0.15, -0.1) is 0 Å². The highest BCUT2D eigenvalue weighted by Crippen LogP contribution is 2.50. The second-order valence-corrected chi connectivity index (χ2v) is 7.56. The highest BCUT2D eigenvalue weighted by molar-refractivity contribution is 6.30. The summed E-state index contributed by atoms with van der Waals surface area (Å²) >= 11 is 6.29. The van der Waals surface area contributed by atoms with Crippen LogP contribution < -0.4 is 5.32 Å². The van der Waals surface area contributed by atoms with Gasteiger partial charge in [-0.2, -0.15) is 0 Å². The van der Waals surface area contributed by atoms with Gasteiger partial charge in [-0.3, -0.25) is 4.79 Å². The Balaban J connectivity index is 1.64. The van der Waals surface area contributed by atoms with E-state index in [4.69, 9.17) is 11.6 Å². The van der Waals surface area contributed by atoms with Crippen LogP contribution in [-0.4, -0.2) is 11.8 Å². The second-order valence-electron chi connectivity index (χ2n) is 7.13. The predicted molar refractivity (Wildman–Crippen MR) is 105 cm³/mol. The van der Waals surface area contributed by atoms with E-state index in [1.54, 1.807) is 0 Å². The van der Waals surface area contributed by atoms with Crippen LogP contribution in [0.15, 0.2) is 72.8 Å². The van der Waals surface area contributed by atoms with Gasteiger partial charge in [0.25, 0.3) is 0 Å². The molecule has 2 nitrogen and oxygen atoms in total. The van der Waals surface area contributed by atoms with Gasteiger partial charge in [0.2, 0.25) is 0 Å². The molecule has 0 saturated heterocycles. The predicted octanol–water partition coefficient (Wildman–Crippen LogP) is 5.32. The van der Waals surface area contributed by atoms with E-state index in [1.807, 2.05) is 48.5 Å². The van der Waals surface area contributed by atoms with Crippen LogP contribution in [0.3, 0.4) is 0 Å². The third kappa shape index (κ3) is 2.37.